The number of carboxylic acids is 2. The molecule has 11 atom stereocenters. The molecule has 8 N–H and O–H groups in total. The summed E-state index contributed by atoms with van der Waals surface area (Å²) < 4.78 is 92.5. The molecule has 7 fully saturated rings. The number of imidazole rings is 4. The van der Waals surface area contributed by atoms with Crippen LogP contribution in [-0.4, -0.2) is 160 Å². The molecule has 11 aromatic rings. The van der Waals surface area contributed by atoms with Gasteiger partial charge in [-0.15, -0.1) is 0 Å². The monoisotopic (exact) mass is 2000 g/mol. The van der Waals surface area contributed by atoms with Gasteiger partial charge in [-0.3, -0.25) is 19.2 Å². The number of nitrogens with zero attached hydrogens (tertiary/aromatic N) is 8. The molecule has 756 valence electrons. The number of aliphatic hydroxyl groups excluding tert-OH is 3. The van der Waals surface area contributed by atoms with Crippen LogP contribution in [0.2, 0.25) is 0 Å². The maximum absolute atomic E-state index is 13.8. The number of carbonyl (C=O) groups excluding carboxylic acids is 5. The predicted molar refractivity (Wildman–Crippen MR) is 522 cm³/mol. The molecule has 4 aromatic heterocycles. The predicted octanol–water partition coefficient (Wildman–Crippen LogP) is 12.8. The fourth-order valence-electron chi connectivity index (χ4n) is 19.2. The van der Waals surface area contributed by atoms with E-state index in [-0.39, 0.29) is 192 Å². The zero-order valence-electron chi connectivity index (χ0n) is 83.8. The van der Waals surface area contributed by atoms with E-state index in [2.05, 4.69) is 39.3 Å². The molecule has 4 saturated carbocycles. The third-order valence-corrected chi connectivity index (χ3v) is 26.7. The van der Waals surface area contributed by atoms with Gasteiger partial charge in [0.2, 0.25) is 0 Å². The Labute approximate surface area is 881 Å². The van der Waals surface area contributed by atoms with Crippen molar-refractivity contribution in [2.24, 2.45) is 0 Å². The van der Waals surface area contributed by atoms with E-state index in [0.29, 0.717) is 95.5 Å². The molecule has 144 heavy (non-hydrogen) atoms. The molecule has 3 amide bonds. The van der Waals surface area contributed by atoms with Gasteiger partial charge in [0.1, 0.15) is 69.8 Å². The van der Waals surface area contributed by atoms with Crippen molar-refractivity contribution < 1.29 is 160 Å². The average molecular weight is 2000 g/mol. The summed E-state index contributed by atoms with van der Waals surface area (Å²) in [6.07, 6.45) is 10.2. The number of hydrogen-bond donors (Lipinski definition) is 7. The second kappa shape index (κ2) is 50.8. The van der Waals surface area contributed by atoms with Crippen LogP contribution >= 0.6 is 0 Å². The van der Waals surface area contributed by atoms with Crippen LogP contribution in [0.4, 0.5) is 17.6 Å². The summed E-state index contributed by atoms with van der Waals surface area (Å²) in [5, 5.41) is 60.1. The van der Waals surface area contributed by atoms with Gasteiger partial charge in [0.25, 0.3) is 17.7 Å². The van der Waals surface area contributed by atoms with Gasteiger partial charge in [0, 0.05) is 110 Å². The largest absolute Gasteiger partial charge is 1.00 e. The Morgan fingerprint density at radius 2 is 0.708 bits per heavy atom. The van der Waals surface area contributed by atoms with E-state index >= 15 is 0 Å². The number of aromatic carboxylic acids is 1. The number of carbonyl (C=O) groups is 6. The number of rotatable bonds is 36. The normalized spacial score (nSPS) is 19.8. The maximum atomic E-state index is 13.8. The van der Waals surface area contributed by atoms with E-state index in [1.165, 1.54) is 48.5 Å². The van der Waals surface area contributed by atoms with Gasteiger partial charge in [-0.25, -0.2) is 42.3 Å². The number of aliphatic carboxylic acids is 1. The summed E-state index contributed by atoms with van der Waals surface area (Å²) in [6.45, 7) is 19.8. The molecule has 0 radical (unpaired) electrons. The van der Waals surface area contributed by atoms with Crippen molar-refractivity contribution in [2.75, 3.05) is 0 Å². The summed E-state index contributed by atoms with van der Waals surface area (Å²) in [4.78, 5) is 93.8. The van der Waals surface area contributed by atoms with Crippen LogP contribution in [0.3, 0.4) is 0 Å². The number of halogens is 4. The van der Waals surface area contributed by atoms with Crippen molar-refractivity contribution in [1.29, 1.82) is 0 Å². The number of amides is 3. The molecule has 4 aliphatic carbocycles. The quantitative estimate of drug-likeness (QED) is 0.0109. The maximum Gasteiger partial charge on any atom is 1.00 e. The van der Waals surface area contributed by atoms with E-state index in [4.69, 9.17) is 38.6 Å². The Kier molecular flexibility index (Phi) is 39.6. The summed E-state index contributed by atoms with van der Waals surface area (Å²) in [5.74, 6) is -3.00. The molecule has 0 spiro atoms. The zero-order chi connectivity index (χ0) is 100. The van der Waals surface area contributed by atoms with Crippen LogP contribution < -0.4 is 80.2 Å². The van der Waals surface area contributed by atoms with Crippen LogP contribution in [-0.2, 0) is 59.5 Å². The number of benzene rings is 7. The fourth-order valence-corrected chi connectivity index (χ4v) is 19.2. The summed E-state index contributed by atoms with van der Waals surface area (Å²) in [7, 11) is 0. The Morgan fingerprint density at radius 3 is 0.993 bits per heavy atom. The molecule has 28 nitrogen and oxygen atoms in total. The standard InChI is InChI=1S/C31H38FN3O3.C28H32FN3O5.C28H30FN3O4.C23H29FN2O4.2Na.H2O/c1-5-25-19-26(38-31(3,4)37-25)17-18-35-28(22-11-12-22)27(34-29(35)23-13-15-24(32)16-14-23)30(36)33-20(2)21-9-7-6-8-10-21;1-17(18-5-3-2-4-6-18)30-28(37)25-26(19-7-8-19)32(14-13-22(33)15-23(34)16-24(35)36)27(31-25)20-9-11-21(29)12-10-20;1-17(18-5-3-2-4-6-18)30-28(35)25-26(19-7-8-19)32(14-13-23-15-22(33)16-24(34)36-23)27(31-25)20-9-11-21(29)12-10-20;1-4-17-13-18(30-23(2,3)29-17)11-12-26-20(14-5-6-14)19(22(27)28)25-21(26)15-7-9-16(24)10-8-15;;;/h6-10,13-16,20,22,25-26H,5,11-12,17-19H2,1-4H3,(H,33,36);2-6,9-12,17,19,22-23,33-34H,7-8,13-16H2,1H3,(H,30,37)(H,35,36);2-6,9-12,17,19,22-23,33H,7-8,13-16H2,1H3,(H,30,35);7-10,14,17-18H,4-6,11-13H2,1-3H3,(H,27,28);;;1H2/q;;;;2*+1;/p-2/t20-,25+,26-;2*17-,22-,23-;17-,18+;;;/m1110.../s1. The minimum Gasteiger partial charge on any atom is -0.870 e. The van der Waals surface area contributed by atoms with Crippen molar-refractivity contribution >= 4 is 35.6 Å². The number of cyclic esters (lactones) is 1. The summed E-state index contributed by atoms with van der Waals surface area (Å²) in [6, 6.07) is 53.0. The van der Waals surface area contributed by atoms with Crippen molar-refractivity contribution in [2.45, 2.75) is 319 Å². The fraction of sp³-hybridized carbons (Fsp3) is 0.455. The molecule has 3 saturated heterocycles. The van der Waals surface area contributed by atoms with Crippen molar-refractivity contribution in [3.05, 3.63) is 274 Å². The number of carboxylic acid groups (broad SMARTS) is 2. The van der Waals surface area contributed by atoms with Gasteiger partial charge in [0.15, 0.2) is 17.3 Å². The van der Waals surface area contributed by atoms with Gasteiger partial charge in [-0.2, -0.15) is 0 Å². The van der Waals surface area contributed by atoms with Gasteiger partial charge in [-0.05, 0) is 252 Å². The number of esters is 1. The second-order valence-corrected chi connectivity index (χ2v) is 39.1. The number of aliphatic hydroxyl groups is 3. The minimum atomic E-state index is -1.38. The molecule has 7 aromatic carbocycles. The molecule has 0 unspecified atom stereocenters. The first-order chi connectivity index (χ1) is 67.6. The van der Waals surface area contributed by atoms with E-state index in [9.17, 15) is 71.9 Å². The summed E-state index contributed by atoms with van der Waals surface area (Å²) >= 11 is 0. The van der Waals surface area contributed by atoms with Crippen LogP contribution in [0.25, 0.3) is 45.6 Å². The Morgan fingerprint density at radius 1 is 0.424 bits per heavy atom. The van der Waals surface area contributed by atoms with E-state index in [1.807, 2.05) is 153 Å². The molecule has 0 bridgehead atoms. The van der Waals surface area contributed by atoms with Crippen molar-refractivity contribution in [1.82, 2.24) is 54.2 Å². The summed E-state index contributed by atoms with van der Waals surface area (Å²) in [5.41, 5.74) is 10.5. The van der Waals surface area contributed by atoms with Crippen LogP contribution in [0.15, 0.2) is 188 Å². The average Bonchev–Trinajstić information content (AvgIpc) is 1.61. The van der Waals surface area contributed by atoms with Crippen LogP contribution in [0, 0.1) is 23.3 Å². The van der Waals surface area contributed by atoms with E-state index in [1.54, 1.807) is 48.5 Å². The molecule has 3 aliphatic heterocycles. The van der Waals surface area contributed by atoms with Crippen molar-refractivity contribution in [3.8, 4) is 45.6 Å². The number of ether oxygens (including phenoxy) is 5. The molecular formula is C110H129F4N11Na2O17. The third-order valence-electron chi connectivity index (χ3n) is 26.7. The first-order valence-corrected chi connectivity index (χ1v) is 49.5. The topological polar surface area (TPSA) is 390 Å². The number of nitrogens with one attached hydrogen (secondary N) is 3. The molecule has 34 heteroatoms. The van der Waals surface area contributed by atoms with Crippen LogP contribution in [0.1, 0.15) is 314 Å². The number of aromatic nitrogens is 8. The Balaban J connectivity index is 0.000000170. The van der Waals surface area contributed by atoms with E-state index in [0.717, 1.165) is 135 Å². The Bertz CT molecular complexity index is 6120. The smallest absolute Gasteiger partial charge is 0.870 e. The first kappa shape index (κ1) is 112. The minimum absolute atomic E-state index is 0. The van der Waals surface area contributed by atoms with Crippen LogP contribution in [0.5, 0.6) is 0 Å². The number of hydrogen-bond acceptors (Lipinski definition) is 20. The van der Waals surface area contributed by atoms with Crippen molar-refractivity contribution in [3.63, 3.8) is 0 Å². The molecule has 7 heterocycles. The molecule has 18 rings (SSSR count). The second-order valence-electron chi connectivity index (χ2n) is 39.1. The van der Waals surface area contributed by atoms with Gasteiger partial charge >= 0.3 is 71.1 Å². The van der Waals surface area contributed by atoms with Gasteiger partial charge < -0.3 is 93.7 Å². The van der Waals surface area contributed by atoms with Gasteiger partial charge in [-0.1, -0.05) is 105 Å². The van der Waals surface area contributed by atoms with Gasteiger partial charge in [0.05, 0.1) is 90.0 Å². The SMILES string of the molecule is CC[C@H]1C[C@@H](CCn2c(-c3ccc(F)cc3)nc(C(=O)N[C@H](C)c3ccccc3)c2C2CC2)OC(C)(C)O1.CC[C@H]1C[C@@H](CCn2c(-c3ccc(F)cc3)nc(C(=O)O)c2C2CC2)OC(C)(C)O1.C[C@@H](NC(=O)c1nc(-c2ccc(F)cc2)n(CC[C@@H](O)C[C@@H](O)CC(=O)[O-])c1C1CC1)c1ccccc1.C[C@@H](NC(=O)c1nc(-c2ccc(F)cc2)n(CC[C@@H]2C[C@@H](O)CC(=O)O2)c1C1CC1)c1ccccc1.[Na+].[Na+].[OH-]. The molecular weight excluding hydrogens is 1870 g/mol. The molecule has 7 aliphatic rings. The van der Waals surface area contributed by atoms with E-state index < -0.39 is 66.1 Å². The Hall–Kier alpha value is -10.4. The third kappa shape index (κ3) is 30.0. The first-order valence-electron chi connectivity index (χ1n) is 49.5. The zero-order valence-corrected chi connectivity index (χ0v) is 87.8.